The van der Waals surface area contributed by atoms with E-state index >= 15 is 0 Å². The van der Waals surface area contributed by atoms with Gasteiger partial charge in [0.2, 0.25) is 0 Å². The lowest BCUT2D eigenvalue weighted by molar-refractivity contribution is 0.0213. The van der Waals surface area contributed by atoms with E-state index in [2.05, 4.69) is 10.3 Å². The molecule has 1 aromatic heterocycles. The molecule has 0 aromatic carbocycles. The summed E-state index contributed by atoms with van der Waals surface area (Å²) in [5.41, 5.74) is -0.804. The fourth-order valence-corrected chi connectivity index (χ4v) is 3.80. The van der Waals surface area contributed by atoms with Crippen LogP contribution < -0.4 is 5.32 Å². The highest BCUT2D eigenvalue weighted by Crippen LogP contribution is 2.31. The number of rotatable bonds is 8. The molecular weight excluding hydrogens is 300 g/mol. The zero-order chi connectivity index (χ0) is 16.0. The molecule has 6 heteroatoms. The number of hydrogen-bond donors (Lipinski definition) is 2. The van der Waals surface area contributed by atoms with Crippen LogP contribution >= 0.6 is 11.3 Å². The number of thiazole rings is 1. The molecule has 22 heavy (non-hydrogen) atoms. The number of carbonyl (C=O) groups excluding carboxylic acids is 1. The van der Waals surface area contributed by atoms with E-state index in [1.165, 1.54) is 11.3 Å². The van der Waals surface area contributed by atoms with Gasteiger partial charge >= 0.3 is 0 Å². The standard InChI is InChI=1S/C16H26N2O3S/c1-3-7-16(20,8-4-2)11-18-14(19)13-10-17-15(22-13)12-6-5-9-21-12/h10,12,20H,3-9,11H2,1-2H3,(H,18,19). The van der Waals surface area contributed by atoms with Crippen LogP contribution in [0.3, 0.4) is 0 Å². The lowest BCUT2D eigenvalue weighted by Crippen LogP contribution is -2.42. The second-order valence-electron chi connectivity index (χ2n) is 5.97. The molecule has 1 aromatic rings. The Morgan fingerprint density at radius 3 is 2.82 bits per heavy atom. The van der Waals surface area contributed by atoms with E-state index in [1.54, 1.807) is 6.20 Å². The first-order chi connectivity index (χ1) is 10.6. The third kappa shape index (κ3) is 4.51. The minimum Gasteiger partial charge on any atom is -0.388 e. The molecule has 1 unspecified atom stereocenters. The smallest absolute Gasteiger partial charge is 0.263 e. The molecule has 1 amide bonds. The molecule has 2 rings (SSSR count). The molecule has 1 saturated heterocycles. The number of amides is 1. The Kier molecular flexibility index (Phi) is 6.35. The summed E-state index contributed by atoms with van der Waals surface area (Å²) in [6, 6.07) is 0. The van der Waals surface area contributed by atoms with Crippen molar-refractivity contribution < 1.29 is 14.6 Å². The molecule has 2 heterocycles. The Bertz CT molecular complexity index is 477. The second kappa shape index (κ2) is 8.04. The van der Waals surface area contributed by atoms with Crippen LogP contribution in [0.1, 0.15) is 73.2 Å². The Balaban J connectivity index is 1.91. The van der Waals surface area contributed by atoms with E-state index in [-0.39, 0.29) is 12.0 Å². The molecule has 1 fully saturated rings. The van der Waals surface area contributed by atoms with Crippen LogP contribution in [0.4, 0.5) is 0 Å². The van der Waals surface area contributed by atoms with Crippen LogP contribution in [-0.4, -0.2) is 34.8 Å². The number of aromatic nitrogens is 1. The summed E-state index contributed by atoms with van der Waals surface area (Å²) >= 11 is 1.39. The summed E-state index contributed by atoms with van der Waals surface area (Å²) in [5, 5.41) is 14.3. The average molecular weight is 326 g/mol. The Morgan fingerprint density at radius 2 is 2.23 bits per heavy atom. The predicted molar refractivity (Wildman–Crippen MR) is 87.1 cm³/mol. The maximum absolute atomic E-state index is 12.2. The number of nitrogens with one attached hydrogen (secondary N) is 1. The molecule has 124 valence electrons. The summed E-state index contributed by atoms with van der Waals surface area (Å²) in [7, 11) is 0. The van der Waals surface area contributed by atoms with Gasteiger partial charge in [0, 0.05) is 13.2 Å². The van der Waals surface area contributed by atoms with Gasteiger partial charge in [-0.25, -0.2) is 4.98 Å². The number of nitrogens with zero attached hydrogens (tertiary/aromatic N) is 1. The third-order valence-corrected chi connectivity index (χ3v) is 5.05. The van der Waals surface area contributed by atoms with Gasteiger partial charge in [0.05, 0.1) is 11.8 Å². The van der Waals surface area contributed by atoms with Crippen LogP contribution in [0.2, 0.25) is 0 Å². The van der Waals surface area contributed by atoms with Crippen molar-refractivity contribution in [2.75, 3.05) is 13.2 Å². The number of carbonyl (C=O) groups is 1. The van der Waals surface area contributed by atoms with Gasteiger partial charge in [0.25, 0.3) is 5.91 Å². The third-order valence-electron chi connectivity index (χ3n) is 3.96. The molecule has 0 aliphatic carbocycles. The van der Waals surface area contributed by atoms with Gasteiger partial charge < -0.3 is 15.2 Å². The normalized spacial score (nSPS) is 18.6. The molecule has 0 saturated carbocycles. The van der Waals surface area contributed by atoms with Crippen LogP contribution in [0.5, 0.6) is 0 Å². The monoisotopic (exact) mass is 326 g/mol. The lowest BCUT2D eigenvalue weighted by atomic mass is 9.92. The lowest BCUT2D eigenvalue weighted by Gasteiger charge is -2.27. The van der Waals surface area contributed by atoms with Crippen LogP contribution in [0, 0.1) is 0 Å². The van der Waals surface area contributed by atoms with Gasteiger partial charge in [-0.05, 0) is 25.7 Å². The number of aliphatic hydroxyl groups is 1. The molecule has 0 bridgehead atoms. The molecule has 0 radical (unpaired) electrons. The average Bonchev–Trinajstić information content (AvgIpc) is 3.16. The van der Waals surface area contributed by atoms with Crippen molar-refractivity contribution in [1.29, 1.82) is 0 Å². The second-order valence-corrected chi connectivity index (χ2v) is 7.03. The van der Waals surface area contributed by atoms with Crippen LogP contribution in [-0.2, 0) is 4.74 Å². The first-order valence-electron chi connectivity index (χ1n) is 8.16. The van der Waals surface area contributed by atoms with Gasteiger partial charge in [-0.2, -0.15) is 0 Å². The highest BCUT2D eigenvalue weighted by molar-refractivity contribution is 7.13. The van der Waals surface area contributed by atoms with Gasteiger partial charge in [0.1, 0.15) is 16.0 Å². The van der Waals surface area contributed by atoms with Gasteiger partial charge in [-0.1, -0.05) is 26.7 Å². The Labute approximate surface area is 136 Å². The number of hydrogen-bond acceptors (Lipinski definition) is 5. The molecule has 1 atom stereocenters. The molecule has 0 spiro atoms. The van der Waals surface area contributed by atoms with Gasteiger partial charge in [0.15, 0.2) is 0 Å². The zero-order valence-electron chi connectivity index (χ0n) is 13.4. The predicted octanol–water partition coefficient (Wildman–Crippen LogP) is 3.06. The molecule has 5 nitrogen and oxygen atoms in total. The van der Waals surface area contributed by atoms with E-state index in [0.29, 0.717) is 24.3 Å². The van der Waals surface area contributed by atoms with E-state index in [1.807, 2.05) is 13.8 Å². The maximum Gasteiger partial charge on any atom is 0.263 e. The SMILES string of the molecule is CCCC(O)(CCC)CNC(=O)c1cnc(C2CCCO2)s1. The van der Waals surface area contributed by atoms with Crippen molar-refractivity contribution in [3.63, 3.8) is 0 Å². The summed E-state index contributed by atoms with van der Waals surface area (Å²) < 4.78 is 5.59. The first kappa shape index (κ1) is 17.4. The van der Waals surface area contributed by atoms with E-state index in [4.69, 9.17) is 4.74 Å². The van der Waals surface area contributed by atoms with Crippen molar-refractivity contribution >= 4 is 17.2 Å². The molecule has 2 N–H and O–H groups in total. The molecule has 1 aliphatic rings. The van der Waals surface area contributed by atoms with Crippen molar-refractivity contribution in [2.24, 2.45) is 0 Å². The van der Waals surface area contributed by atoms with Crippen molar-refractivity contribution in [3.05, 3.63) is 16.1 Å². The largest absolute Gasteiger partial charge is 0.388 e. The quantitative estimate of drug-likeness (QED) is 0.770. The summed E-state index contributed by atoms with van der Waals surface area (Å²) in [4.78, 5) is 17.1. The van der Waals surface area contributed by atoms with Crippen molar-refractivity contribution in [1.82, 2.24) is 10.3 Å². The minimum absolute atomic E-state index is 0.0451. The minimum atomic E-state index is -0.804. The van der Waals surface area contributed by atoms with Crippen LogP contribution in [0.15, 0.2) is 6.20 Å². The van der Waals surface area contributed by atoms with Crippen LogP contribution in [0.25, 0.3) is 0 Å². The molecular formula is C16H26N2O3S. The highest BCUT2D eigenvalue weighted by Gasteiger charge is 2.27. The Morgan fingerprint density at radius 1 is 1.50 bits per heavy atom. The fourth-order valence-electron chi connectivity index (χ4n) is 2.88. The summed E-state index contributed by atoms with van der Waals surface area (Å²) in [6.07, 6.45) is 6.87. The van der Waals surface area contributed by atoms with Gasteiger partial charge in [-0.3, -0.25) is 4.79 Å². The topological polar surface area (TPSA) is 71.5 Å². The maximum atomic E-state index is 12.2. The summed E-state index contributed by atoms with van der Waals surface area (Å²) in [6.45, 7) is 5.15. The highest BCUT2D eigenvalue weighted by atomic mass is 32.1. The molecule has 1 aliphatic heterocycles. The van der Waals surface area contributed by atoms with E-state index in [9.17, 15) is 9.90 Å². The summed E-state index contributed by atoms with van der Waals surface area (Å²) in [5.74, 6) is -0.160. The van der Waals surface area contributed by atoms with E-state index in [0.717, 1.165) is 37.3 Å². The van der Waals surface area contributed by atoms with Gasteiger partial charge in [-0.15, -0.1) is 11.3 Å². The van der Waals surface area contributed by atoms with E-state index < -0.39 is 5.60 Å². The number of ether oxygens (including phenoxy) is 1. The Hall–Kier alpha value is -0.980. The fraction of sp³-hybridized carbons (Fsp3) is 0.750. The zero-order valence-corrected chi connectivity index (χ0v) is 14.2. The van der Waals surface area contributed by atoms with Crippen molar-refractivity contribution in [3.8, 4) is 0 Å². The first-order valence-corrected chi connectivity index (χ1v) is 8.97. The van der Waals surface area contributed by atoms with Crippen molar-refractivity contribution in [2.45, 2.75) is 64.1 Å².